The summed E-state index contributed by atoms with van der Waals surface area (Å²) in [6.45, 7) is 0. The lowest BCUT2D eigenvalue weighted by molar-refractivity contribution is 0.631. The van der Waals surface area contributed by atoms with Crippen molar-refractivity contribution in [2.45, 2.75) is 0 Å². The summed E-state index contributed by atoms with van der Waals surface area (Å²) in [7, 11) is 0. The summed E-state index contributed by atoms with van der Waals surface area (Å²) in [6, 6.07) is 11.0. The van der Waals surface area contributed by atoms with E-state index in [1.165, 1.54) is 18.2 Å². The van der Waals surface area contributed by atoms with E-state index in [0.29, 0.717) is 22.2 Å². The Bertz CT molecular complexity index is 693. The summed E-state index contributed by atoms with van der Waals surface area (Å²) in [5.41, 5.74) is 7.31. The van der Waals surface area contributed by atoms with Crippen molar-refractivity contribution in [1.29, 1.82) is 0 Å². The second-order valence-corrected chi connectivity index (χ2v) is 4.12. The van der Waals surface area contributed by atoms with Crippen LogP contribution in [0, 0.1) is 11.6 Å². The van der Waals surface area contributed by atoms with E-state index in [1.807, 2.05) is 0 Å². The molecule has 2 nitrogen and oxygen atoms in total. The van der Waals surface area contributed by atoms with Crippen LogP contribution in [0.25, 0.3) is 22.2 Å². The van der Waals surface area contributed by atoms with E-state index in [-0.39, 0.29) is 11.5 Å². The van der Waals surface area contributed by atoms with Gasteiger partial charge in [-0.15, -0.1) is 0 Å². The lowest BCUT2D eigenvalue weighted by atomic mass is 10.1. The molecule has 0 saturated carbocycles. The number of hydrogen-bond acceptors (Lipinski definition) is 1. The lowest BCUT2D eigenvalue weighted by Crippen LogP contribution is -1.89. The SMILES string of the molecule is Nc1cc2[nH]c(-c3ccccc3F)cc2cc1F. The number of benzene rings is 2. The van der Waals surface area contributed by atoms with Crippen LogP contribution < -0.4 is 5.73 Å². The van der Waals surface area contributed by atoms with Gasteiger partial charge in [-0.2, -0.15) is 0 Å². The second-order valence-electron chi connectivity index (χ2n) is 4.12. The number of H-pyrrole nitrogens is 1. The number of nitrogens with two attached hydrogens (primary N) is 1. The number of halogens is 2. The summed E-state index contributed by atoms with van der Waals surface area (Å²) in [6.07, 6.45) is 0. The minimum absolute atomic E-state index is 0.0735. The van der Waals surface area contributed by atoms with Crippen LogP contribution in [0.2, 0.25) is 0 Å². The van der Waals surface area contributed by atoms with Crippen molar-refractivity contribution in [3.63, 3.8) is 0 Å². The van der Waals surface area contributed by atoms with Crippen molar-refractivity contribution >= 4 is 16.6 Å². The topological polar surface area (TPSA) is 41.8 Å². The molecular formula is C14H10F2N2. The molecule has 18 heavy (non-hydrogen) atoms. The average Bonchev–Trinajstić information content (AvgIpc) is 2.73. The fraction of sp³-hybridized carbons (Fsp3) is 0. The molecule has 0 amide bonds. The van der Waals surface area contributed by atoms with Crippen molar-refractivity contribution in [2.24, 2.45) is 0 Å². The van der Waals surface area contributed by atoms with Crippen molar-refractivity contribution in [2.75, 3.05) is 5.73 Å². The zero-order valence-corrected chi connectivity index (χ0v) is 9.37. The van der Waals surface area contributed by atoms with E-state index >= 15 is 0 Å². The maximum absolute atomic E-state index is 13.6. The van der Waals surface area contributed by atoms with E-state index in [1.54, 1.807) is 24.3 Å². The molecule has 3 N–H and O–H groups in total. The highest BCUT2D eigenvalue weighted by molar-refractivity contribution is 5.88. The molecule has 2 aromatic carbocycles. The molecule has 0 radical (unpaired) electrons. The van der Waals surface area contributed by atoms with Crippen LogP contribution in [0.1, 0.15) is 0 Å². The van der Waals surface area contributed by atoms with Gasteiger partial charge in [0, 0.05) is 22.2 Å². The van der Waals surface area contributed by atoms with Gasteiger partial charge in [0.2, 0.25) is 0 Å². The van der Waals surface area contributed by atoms with Crippen molar-refractivity contribution in [3.8, 4) is 11.3 Å². The first-order valence-electron chi connectivity index (χ1n) is 5.48. The molecule has 0 aliphatic carbocycles. The average molecular weight is 244 g/mol. The monoisotopic (exact) mass is 244 g/mol. The first-order chi connectivity index (χ1) is 8.65. The Balaban J connectivity index is 2.23. The van der Waals surface area contributed by atoms with Crippen LogP contribution >= 0.6 is 0 Å². The van der Waals surface area contributed by atoms with Gasteiger partial charge in [-0.05, 0) is 30.3 Å². The molecule has 0 aliphatic heterocycles. The van der Waals surface area contributed by atoms with E-state index in [0.717, 1.165) is 0 Å². The van der Waals surface area contributed by atoms with Crippen molar-refractivity contribution < 1.29 is 8.78 Å². The van der Waals surface area contributed by atoms with Gasteiger partial charge < -0.3 is 10.7 Å². The van der Waals surface area contributed by atoms with Gasteiger partial charge in [-0.1, -0.05) is 12.1 Å². The third kappa shape index (κ3) is 1.62. The fourth-order valence-electron chi connectivity index (χ4n) is 1.99. The number of anilines is 1. The number of nitrogens with one attached hydrogen (secondary N) is 1. The van der Waals surface area contributed by atoms with Crippen LogP contribution in [0.4, 0.5) is 14.5 Å². The van der Waals surface area contributed by atoms with Gasteiger partial charge in [0.15, 0.2) is 0 Å². The molecule has 1 heterocycles. The summed E-state index contributed by atoms with van der Waals surface area (Å²) in [5.74, 6) is -0.793. The summed E-state index contributed by atoms with van der Waals surface area (Å²) >= 11 is 0. The van der Waals surface area contributed by atoms with Gasteiger partial charge in [0.05, 0.1) is 5.69 Å². The normalized spacial score (nSPS) is 11.0. The Morgan fingerprint density at radius 1 is 0.944 bits per heavy atom. The van der Waals surface area contributed by atoms with Crippen molar-refractivity contribution in [3.05, 3.63) is 54.1 Å². The Kier molecular flexibility index (Phi) is 2.30. The Labute approximate surface area is 102 Å². The fourth-order valence-corrected chi connectivity index (χ4v) is 1.99. The van der Waals surface area contributed by atoms with E-state index in [9.17, 15) is 8.78 Å². The van der Waals surface area contributed by atoms with Crippen LogP contribution in [0.5, 0.6) is 0 Å². The third-order valence-electron chi connectivity index (χ3n) is 2.90. The Hall–Kier alpha value is -2.36. The zero-order valence-electron chi connectivity index (χ0n) is 9.37. The van der Waals surface area contributed by atoms with Crippen molar-refractivity contribution in [1.82, 2.24) is 4.98 Å². The molecule has 1 aromatic heterocycles. The number of hydrogen-bond donors (Lipinski definition) is 2. The van der Waals surface area contributed by atoms with Gasteiger partial charge >= 0.3 is 0 Å². The summed E-state index contributed by atoms with van der Waals surface area (Å²) in [5, 5.41) is 0.667. The summed E-state index contributed by atoms with van der Waals surface area (Å²) < 4.78 is 27.0. The zero-order chi connectivity index (χ0) is 12.7. The molecule has 0 unspecified atom stereocenters. The Morgan fingerprint density at radius 3 is 2.50 bits per heavy atom. The number of rotatable bonds is 1. The molecule has 3 rings (SSSR count). The molecule has 90 valence electrons. The van der Waals surface area contributed by atoms with Crippen LogP contribution in [-0.2, 0) is 0 Å². The number of nitrogen functional groups attached to an aromatic ring is 1. The van der Waals surface area contributed by atoms with Crippen LogP contribution in [0.15, 0.2) is 42.5 Å². The predicted molar refractivity (Wildman–Crippen MR) is 68.1 cm³/mol. The second kappa shape index (κ2) is 3.84. The molecule has 4 heteroatoms. The maximum atomic E-state index is 13.6. The molecule has 0 fully saturated rings. The van der Waals surface area contributed by atoms with Gasteiger partial charge in [-0.3, -0.25) is 0 Å². The number of aromatic nitrogens is 1. The molecule has 0 atom stereocenters. The van der Waals surface area contributed by atoms with E-state index < -0.39 is 5.82 Å². The lowest BCUT2D eigenvalue weighted by Gasteiger charge is -1.98. The third-order valence-corrected chi connectivity index (χ3v) is 2.90. The molecule has 0 bridgehead atoms. The molecule has 0 saturated heterocycles. The van der Waals surface area contributed by atoms with E-state index in [4.69, 9.17) is 5.73 Å². The van der Waals surface area contributed by atoms with E-state index in [2.05, 4.69) is 4.98 Å². The first-order valence-corrected chi connectivity index (χ1v) is 5.48. The minimum Gasteiger partial charge on any atom is -0.396 e. The smallest absolute Gasteiger partial charge is 0.146 e. The number of fused-ring (bicyclic) bond motifs is 1. The standard InChI is InChI=1S/C14H10F2N2/c15-10-4-2-1-3-9(10)14-6-8-5-11(16)12(17)7-13(8)18-14/h1-7,18H,17H2. The van der Waals surface area contributed by atoms with Crippen LogP contribution in [0.3, 0.4) is 0 Å². The summed E-state index contributed by atoms with van der Waals surface area (Å²) in [4.78, 5) is 3.03. The minimum atomic E-state index is -0.471. The molecule has 3 aromatic rings. The van der Waals surface area contributed by atoms with Crippen LogP contribution in [-0.4, -0.2) is 4.98 Å². The molecule has 0 spiro atoms. The predicted octanol–water partition coefficient (Wildman–Crippen LogP) is 3.70. The number of aromatic amines is 1. The highest BCUT2D eigenvalue weighted by atomic mass is 19.1. The first kappa shape index (κ1) is 10.8. The maximum Gasteiger partial charge on any atom is 0.146 e. The van der Waals surface area contributed by atoms with Gasteiger partial charge in [-0.25, -0.2) is 8.78 Å². The van der Waals surface area contributed by atoms with Gasteiger partial charge in [0.1, 0.15) is 11.6 Å². The highest BCUT2D eigenvalue weighted by Crippen LogP contribution is 2.28. The molecular weight excluding hydrogens is 234 g/mol. The highest BCUT2D eigenvalue weighted by Gasteiger charge is 2.09. The quantitative estimate of drug-likeness (QED) is 0.630. The van der Waals surface area contributed by atoms with Gasteiger partial charge in [0.25, 0.3) is 0 Å². The largest absolute Gasteiger partial charge is 0.396 e. The Morgan fingerprint density at radius 2 is 1.72 bits per heavy atom. The molecule has 0 aliphatic rings.